The Bertz CT molecular complexity index is 954. The third-order valence-electron chi connectivity index (χ3n) is 4.68. The number of para-hydroxylation sites is 1. The summed E-state index contributed by atoms with van der Waals surface area (Å²) in [6, 6.07) is 18.9. The zero-order chi connectivity index (χ0) is 16.8. The number of ether oxygens (including phenoxy) is 1. The van der Waals surface area contributed by atoms with E-state index >= 15 is 0 Å². The molecule has 0 bridgehead atoms. The molecule has 3 aromatic rings. The van der Waals surface area contributed by atoms with Crippen LogP contribution in [0.25, 0.3) is 0 Å². The maximum Gasteiger partial charge on any atom is 0.216 e. The Balaban J connectivity index is 1.63. The van der Waals surface area contributed by atoms with E-state index in [4.69, 9.17) is 9.84 Å². The third-order valence-corrected chi connectivity index (χ3v) is 5.59. The van der Waals surface area contributed by atoms with Gasteiger partial charge in [0, 0.05) is 12.0 Å². The summed E-state index contributed by atoms with van der Waals surface area (Å²) in [7, 11) is 0. The molecule has 124 valence electrons. The first-order chi connectivity index (χ1) is 12.3. The van der Waals surface area contributed by atoms with Crippen molar-refractivity contribution in [3.8, 4) is 5.75 Å². The minimum atomic E-state index is -0.557. The highest BCUT2D eigenvalue weighted by atomic mass is 32.1. The van der Waals surface area contributed by atoms with Gasteiger partial charge in [0.15, 0.2) is 0 Å². The van der Waals surface area contributed by atoms with Crippen molar-refractivity contribution in [2.24, 2.45) is 5.10 Å². The lowest BCUT2D eigenvalue weighted by atomic mass is 9.97. The van der Waals surface area contributed by atoms with E-state index in [0.717, 1.165) is 28.3 Å². The summed E-state index contributed by atoms with van der Waals surface area (Å²) in [5.74, 6) is 0.532. The normalized spacial score (nSPS) is 21.3. The molecule has 0 fully saturated rings. The Hall–Kier alpha value is -2.66. The number of fused-ring (bicyclic) bond motifs is 3. The molecular formula is C20H15FN2OS. The van der Waals surface area contributed by atoms with Gasteiger partial charge in [-0.05, 0) is 23.6 Å². The molecular weight excluding hydrogens is 335 g/mol. The van der Waals surface area contributed by atoms with Crippen LogP contribution in [0.15, 0.2) is 71.1 Å². The second-order valence-corrected chi connectivity index (χ2v) is 7.10. The van der Waals surface area contributed by atoms with Crippen LogP contribution in [-0.4, -0.2) is 10.7 Å². The Morgan fingerprint density at radius 2 is 1.80 bits per heavy atom. The highest BCUT2D eigenvalue weighted by Gasteiger charge is 2.41. The number of rotatable bonds is 2. The van der Waals surface area contributed by atoms with E-state index in [-0.39, 0.29) is 11.9 Å². The fourth-order valence-electron chi connectivity index (χ4n) is 3.51. The van der Waals surface area contributed by atoms with E-state index in [1.54, 1.807) is 23.5 Å². The van der Waals surface area contributed by atoms with Crippen LogP contribution in [0.2, 0.25) is 0 Å². The molecule has 0 amide bonds. The van der Waals surface area contributed by atoms with Gasteiger partial charge in [-0.15, -0.1) is 11.3 Å². The Morgan fingerprint density at radius 1 is 1.00 bits per heavy atom. The van der Waals surface area contributed by atoms with E-state index in [0.29, 0.717) is 5.56 Å². The topological polar surface area (TPSA) is 24.8 Å². The summed E-state index contributed by atoms with van der Waals surface area (Å²) in [5, 5.41) is 8.78. The van der Waals surface area contributed by atoms with Crippen LogP contribution in [0.4, 0.5) is 4.39 Å². The predicted octanol–water partition coefficient (Wildman–Crippen LogP) is 5.13. The van der Waals surface area contributed by atoms with Crippen molar-refractivity contribution in [2.75, 3.05) is 0 Å². The highest BCUT2D eigenvalue weighted by Crippen LogP contribution is 2.47. The number of thiophene rings is 1. The molecule has 1 aromatic heterocycles. The summed E-state index contributed by atoms with van der Waals surface area (Å²) in [4.78, 5) is 1.15. The lowest BCUT2D eigenvalue weighted by Crippen LogP contribution is -2.34. The van der Waals surface area contributed by atoms with Crippen molar-refractivity contribution in [1.82, 2.24) is 5.01 Å². The van der Waals surface area contributed by atoms with Gasteiger partial charge in [-0.1, -0.05) is 42.5 Å². The second-order valence-electron chi connectivity index (χ2n) is 6.15. The van der Waals surface area contributed by atoms with Gasteiger partial charge < -0.3 is 4.74 Å². The van der Waals surface area contributed by atoms with Crippen LogP contribution in [0.1, 0.15) is 34.7 Å². The standard InChI is InChI=1S/C20H15FN2OS/c21-15-8-3-1-6-13(15)20-23-17(14-7-2-4-9-18(14)24-20)12-16(22-23)19-10-5-11-25-19/h1-11,17,20H,12H2/t17-,20+/m1/s1. The van der Waals surface area contributed by atoms with Crippen LogP contribution in [0.5, 0.6) is 5.75 Å². The third kappa shape index (κ3) is 2.35. The van der Waals surface area contributed by atoms with Crippen LogP contribution >= 0.6 is 11.3 Å². The van der Waals surface area contributed by atoms with E-state index in [9.17, 15) is 4.39 Å². The van der Waals surface area contributed by atoms with Gasteiger partial charge in [0.2, 0.25) is 6.23 Å². The van der Waals surface area contributed by atoms with Gasteiger partial charge in [0.25, 0.3) is 0 Å². The van der Waals surface area contributed by atoms with Gasteiger partial charge >= 0.3 is 0 Å². The molecule has 0 unspecified atom stereocenters. The summed E-state index contributed by atoms with van der Waals surface area (Å²) >= 11 is 1.67. The molecule has 2 aliphatic heterocycles. The first-order valence-electron chi connectivity index (χ1n) is 8.21. The number of nitrogens with zero attached hydrogens (tertiary/aromatic N) is 2. The van der Waals surface area contributed by atoms with Gasteiger partial charge in [0.05, 0.1) is 22.2 Å². The first kappa shape index (κ1) is 14.7. The predicted molar refractivity (Wildman–Crippen MR) is 96.3 cm³/mol. The first-order valence-corrected chi connectivity index (χ1v) is 9.09. The Labute approximate surface area is 149 Å². The zero-order valence-electron chi connectivity index (χ0n) is 13.3. The molecule has 5 rings (SSSR count). The van der Waals surface area contributed by atoms with Crippen molar-refractivity contribution < 1.29 is 9.13 Å². The molecule has 2 aliphatic rings. The van der Waals surface area contributed by atoms with Gasteiger partial charge in [-0.3, -0.25) is 0 Å². The average Bonchev–Trinajstić information content (AvgIpc) is 3.31. The number of benzene rings is 2. The maximum atomic E-state index is 14.4. The van der Waals surface area contributed by atoms with Crippen molar-refractivity contribution in [3.63, 3.8) is 0 Å². The summed E-state index contributed by atoms with van der Waals surface area (Å²) in [6.45, 7) is 0. The lowest BCUT2D eigenvalue weighted by molar-refractivity contribution is -0.0212. The second kappa shape index (κ2) is 5.70. The molecule has 0 saturated carbocycles. The number of hydrogen-bond donors (Lipinski definition) is 0. The van der Waals surface area contributed by atoms with Crippen LogP contribution in [0.3, 0.4) is 0 Å². The van der Waals surface area contributed by atoms with Crippen molar-refractivity contribution in [2.45, 2.75) is 18.7 Å². The quantitative estimate of drug-likeness (QED) is 0.640. The molecule has 2 aromatic carbocycles. The summed E-state index contributed by atoms with van der Waals surface area (Å²) in [6.07, 6.45) is 0.241. The average molecular weight is 350 g/mol. The molecule has 0 saturated heterocycles. The summed E-state index contributed by atoms with van der Waals surface area (Å²) in [5.41, 5.74) is 2.64. The molecule has 5 heteroatoms. The fraction of sp³-hybridized carbons (Fsp3) is 0.150. The van der Waals surface area contributed by atoms with Crippen LogP contribution < -0.4 is 4.74 Å². The number of hydrazone groups is 1. The van der Waals surface area contributed by atoms with Gasteiger partial charge in [-0.2, -0.15) is 5.10 Å². The largest absolute Gasteiger partial charge is 0.464 e. The minimum Gasteiger partial charge on any atom is -0.464 e. The smallest absolute Gasteiger partial charge is 0.216 e. The fourth-order valence-corrected chi connectivity index (χ4v) is 4.23. The summed E-state index contributed by atoms with van der Waals surface area (Å²) < 4.78 is 20.6. The van der Waals surface area contributed by atoms with E-state index in [2.05, 4.69) is 12.1 Å². The molecule has 25 heavy (non-hydrogen) atoms. The highest BCUT2D eigenvalue weighted by molar-refractivity contribution is 7.12. The van der Waals surface area contributed by atoms with E-state index in [1.807, 2.05) is 40.7 Å². The molecule has 3 nitrogen and oxygen atoms in total. The van der Waals surface area contributed by atoms with Crippen LogP contribution in [0, 0.1) is 5.82 Å². The number of hydrogen-bond acceptors (Lipinski definition) is 4. The monoisotopic (exact) mass is 350 g/mol. The SMILES string of the molecule is Fc1ccccc1[C@@H]1Oc2ccccc2[C@H]2CC(c3cccs3)=NN21. The lowest BCUT2D eigenvalue weighted by Gasteiger charge is -2.38. The zero-order valence-corrected chi connectivity index (χ0v) is 14.1. The minimum absolute atomic E-state index is 0.0617. The van der Waals surface area contributed by atoms with Crippen molar-refractivity contribution in [1.29, 1.82) is 0 Å². The molecule has 0 radical (unpaired) electrons. The van der Waals surface area contributed by atoms with Crippen molar-refractivity contribution >= 4 is 17.0 Å². The maximum absolute atomic E-state index is 14.4. The molecule has 2 atom stereocenters. The van der Waals surface area contributed by atoms with E-state index < -0.39 is 6.23 Å². The molecule has 0 N–H and O–H groups in total. The molecule has 0 aliphatic carbocycles. The number of halogens is 1. The molecule has 0 spiro atoms. The van der Waals surface area contributed by atoms with Gasteiger partial charge in [-0.25, -0.2) is 9.40 Å². The van der Waals surface area contributed by atoms with Crippen LogP contribution in [-0.2, 0) is 0 Å². The Morgan fingerprint density at radius 3 is 2.60 bits per heavy atom. The van der Waals surface area contributed by atoms with E-state index in [1.165, 1.54) is 6.07 Å². The van der Waals surface area contributed by atoms with Gasteiger partial charge in [0.1, 0.15) is 11.6 Å². The molecule has 3 heterocycles. The Kier molecular flexibility index (Phi) is 3.35. The van der Waals surface area contributed by atoms with Crippen molar-refractivity contribution in [3.05, 3.63) is 87.9 Å².